The summed E-state index contributed by atoms with van der Waals surface area (Å²) >= 11 is 0. The summed E-state index contributed by atoms with van der Waals surface area (Å²) in [6.45, 7) is 4.90. The Bertz CT molecular complexity index is 367. The van der Waals surface area contributed by atoms with Gasteiger partial charge in [-0.1, -0.05) is 38.8 Å². The zero-order valence-electron chi connectivity index (χ0n) is 11.0. The Morgan fingerprint density at radius 3 is 2.56 bits per heavy atom. The minimum absolute atomic E-state index is 0.276. The molecule has 0 saturated heterocycles. The third-order valence-corrected chi connectivity index (χ3v) is 3.33. The van der Waals surface area contributed by atoms with Crippen LogP contribution in [-0.4, -0.2) is 22.9 Å². The Labute approximate surface area is 108 Å². The maximum Gasteiger partial charge on any atom is 0.165 e. The Morgan fingerprint density at radius 2 is 1.94 bits per heavy atom. The number of halogens is 1. The van der Waals surface area contributed by atoms with Crippen molar-refractivity contribution in [3.63, 3.8) is 0 Å². The third-order valence-electron chi connectivity index (χ3n) is 3.33. The molecule has 0 aliphatic rings. The fourth-order valence-corrected chi connectivity index (χ4v) is 2.06. The van der Waals surface area contributed by atoms with E-state index in [1.807, 2.05) is 0 Å². The molecule has 3 N–H and O–H groups in total. The topological polar surface area (TPSA) is 52.5 Å². The van der Waals surface area contributed by atoms with Crippen LogP contribution in [0, 0.1) is 11.7 Å². The summed E-state index contributed by atoms with van der Waals surface area (Å²) in [5.74, 6) is -0.657. The Balaban J connectivity index is 2.44. The summed E-state index contributed by atoms with van der Waals surface area (Å²) in [5, 5.41) is 22.4. The van der Waals surface area contributed by atoms with Crippen molar-refractivity contribution in [1.29, 1.82) is 0 Å². The minimum atomic E-state index is -0.616. The summed E-state index contributed by atoms with van der Waals surface area (Å²) in [6, 6.07) is 4.44. The lowest BCUT2D eigenvalue weighted by Gasteiger charge is -2.20. The van der Waals surface area contributed by atoms with Crippen LogP contribution in [0.25, 0.3) is 0 Å². The molecule has 0 radical (unpaired) electrons. The smallest absolute Gasteiger partial charge is 0.165 e. The van der Waals surface area contributed by atoms with Gasteiger partial charge in [-0.3, -0.25) is 0 Å². The van der Waals surface area contributed by atoms with Crippen LogP contribution in [0.2, 0.25) is 0 Å². The molecule has 0 bridgehead atoms. The van der Waals surface area contributed by atoms with Gasteiger partial charge in [0.15, 0.2) is 11.6 Å². The molecule has 0 aliphatic carbocycles. The molecule has 0 spiro atoms. The van der Waals surface area contributed by atoms with E-state index in [9.17, 15) is 14.6 Å². The monoisotopic (exact) mass is 255 g/mol. The number of hydrogen-bond acceptors (Lipinski definition) is 3. The molecule has 0 aliphatic heterocycles. The van der Waals surface area contributed by atoms with Gasteiger partial charge in [0.2, 0.25) is 0 Å². The van der Waals surface area contributed by atoms with Crippen LogP contribution >= 0.6 is 0 Å². The van der Waals surface area contributed by atoms with Crippen molar-refractivity contribution in [1.82, 2.24) is 5.32 Å². The van der Waals surface area contributed by atoms with Gasteiger partial charge in [-0.25, -0.2) is 4.39 Å². The number of benzene rings is 1. The number of phenols is 1. The molecular weight excluding hydrogens is 233 g/mol. The lowest BCUT2D eigenvalue weighted by Crippen LogP contribution is -2.32. The molecule has 3 nitrogen and oxygen atoms in total. The van der Waals surface area contributed by atoms with Crippen LogP contribution in [0.3, 0.4) is 0 Å². The normalized spacial score (nSPS) is 12.9. The Hall–Kier alpha value is -1.13. The van der Waals surface area contributed by atoms with Crippen LogP contribution in [0.5, 0.6) is 5.75 Å². The lowest BCUT2D eigenvalue weighted by atomic mass is 9.96. The van der Waals surface area contributed by atoms with Gasteiger partial charge in [-0.05, 0) is 12.0 Å². The molecule has 0 aromatic heterocycles. The van der Waals surface area contributed by atoms with Crippen LogP contribution in [0.4, 0.5) is 4.39 Å². The first kappa shape index (κ1) is 14.9. The number of aromatic hydroxyl groups is 1. The highest BCUT2D eigenvalue weighted by atomic mass is 19.1. The summed E-state index contributed by atoms with van der Waals surface area (Å²) in [7, 11) is 0. The number of rotatable bonds is 7. The van der Waals surface area contributed by atoms with Crippen molar-refractivity contribution < 1.29 is 14.6 Å². The number of phenolic OH excluding ortho intramolecular Hbond substituents is 1. The second kappa shape index (κ2) is 7.34. The molecule has 18 heavy (non-hydrogen) atoms. The first-order valence-corrected chi connectivity index (χ1v) is 6.45. The van der Waals surface area contributed by atoms with E-state index in [2.05, 4.69) is 19.2 Å². The highest BCUT2D eigenvalue weighted by molar-refractivity contribution is 5.33. The molecule has 1 rings (SSSR count). The fourth-order valence-electron chi connectivity index (χ4n) is 2.06. The van der Waals surface area contributed by atoms with Gasteiger partial charge in [-0.15, -0.1) is 0 Å². The Morgan fingerprint density at radius 1 is 1.28 bits per heavy atom. The number of hydrogen-bond donors (Lipinski definition) is 3. The van der Waals surface area contributed by atoms with Crippen molar-refractivity contribution in [3.05, 3.63) is 29.6 Å². The van der Waals surface area contributed by atoms with Crippen molar-refractivity contribution in [2.24, 2.45) is 5.92 Å². The highest BCUT2D eigenvalue weighted by Crippen LogP contribution is 2.20. The molecule has 4 heteroatoms. The zero-order valence-corrected chi connectivity index (χ0v) is 11.0. The highest BCUT2D eigenvalue weighted by Gasteiger charge is 2.15. The van der Waals surface area contributed by atoms with E-state index >= 15 is 0 Å². The van der Waals surface area contributed by atoms with E-state index in [1.54, 1.807) is 12.1 Å². The molecule has 1 aromatic carbocycles. The summed E-state index contributed by atoms with van der Waals surface area (Å²) in [4.78, 5) is 0. The van der Waals surface area contributed by atoms with Crippen LogP contribution < -0.4 is 5.32 Å². The minimum Gasteiger partial charge on any atom is -0.505 e. The van der Waals surface area contributed by atoms with Gasteiger partial charge in [0.1, 0.15) is 0 Å². The lowest BCUT2D eigenvalue weighted by molar-refractivity contribution is 0.101. The fraction of sp³-hybridized carbons (Fsp3) is 0.571. The molecule has 0 amide bonds. The third kappa shape index (κ3) is 3.96. The van der Waals surface area contributed by atoms with Crippen LogP contribution in [-0.2, 0) is 6.54 Å². The first-order valence-electron chi connectivity index (χ1n) is 6.45. The van der Waals surface area contributed by atoms with E-state index in [0.29, 0.717) is 18.7 Å². The van der Waals surface area contributed by atoms with Crippen LogP contribution in [0.15, 0.2) is 18.2 Å². The van der Waals surface area contributed by atoms with Gasteiger partial charge in [0, 0.05) is 18.7 Å². The van der Waals surface area contributed by atoms with Gasteiger partial charge in [0.05, 0.1) is 6.10 Å². The molecule has 1 unspecified atom stereocenters. The number of aliphatic hydroxyl groups is 1. The predicted octanol–water partition coefficient (Wildman–Crippen LogP) is 2.42. The van der Waals surface area contributed by atoms with Crippen molar-refractivity contribution in [3.8, 4) is 5.75 Å². The van der Waals surface area contributed by atoms with E-state index in [0.717, 1.165) is 12.8 Å². The largest absolute Gasteiger partial charge is 0.505 e. The maximum absolute atomic E-state index is 13.1. The standard InChI is InChI=1S/C14H22FNO2/c1-3-10(4-2)13(17)9-16-8-11-6-5-7-12(15)14(11)18/h5-7,10,13,16-18H,3-4,8-9H2,1-2H3. The molecule has 1 aromatic rings. The maximum atomic E-state index is 13.1. The van der Waals surface area contributed by atoms with Crippen molar-refractivity contribution in [2.75, 3.05) is 6.54 Å². The zero-order chi connectivity index (χ0) is 13.5. The second-order valence-electron chi connectivity index (χ2n) is 4.52. The first-order chi connectivity index (χ1) is 8.60. The van der Waals surface area contributed by atoms with Crippen molar-refractivity contribution in [2.45, 2.75) is 39.3 Å². The molecule has 0 saturated carbocycles. The Kier molecular flexibility index (Phi) is 6.09. The van der Waals surface area contributed by atoms with Crippen LogP contribution in [0.1, 0.15) is 32.3 Å². The van der Waals surface area contributed by atoms with Gasteiger partial charge in [-0.2, -0.15) is 0 Å². The molecule has 0 heterocycles. The van der Waals surface area contributed by atoms with Gasteiger partial charge >= 0.3 is 0 Å². The average Bonchev–Trinajstić information content (AvgIpc) is 2.36. The molecule has 102 valence electrons. The number of aliphatic hydroxyl groups excluding tert-OH is 1. The van der Waals surface area contributed by atoms with E-state index < -0.39 is 11.9 Å². The number of nitrogens with one attached hydrogen (secondary N) is 1. The average molecular weight is 255 g/mol. The van der Waals surface area contributed by atoms with E-state index in [-0.39, 0.29) is 11.7 Å². The molecular formula is C14H22FNO2. The molecule has 0 fully saturated rings. The molecule has 1 atom stereocenters. The summed E-state index contributed by atoms with van der Waals surface area (Å²) in [5.41, 5.74) is 0.506. The van der Waals surface area contributed by atoms with Crippen molar-refractivity contribution >= 4 is 0 Å². The van der Waals surface area contributed by atoms with E-state index in [1.165, 1.54) is 6.07 Å². The summed E-state index contributed by atoms with van der Waals surface area (Å²) < 4.78 is 13.1. The number of para-hydroxylation sites is 1. The second-order valence-corrected chi connectivity index (χ2v) is 4.52. The van der Waals surface area contributed by atoms with Gasteiger partial charge in [0.25, 0.3) is 0 Å². The SMILES string of the molecule is CCC(CC)C(O)CNCc1cccc(F)c1O. The summed E-state index contributed by atoms with van der Waals surface area (Å²) in [6.07, 6.45) is 1.46. The quantitative estimate of drug-likeness (QED) is 0.701. The van der Waals surface area contributed by atoms with E-state index in [4.69, 9.17) is 0 Å². The predicted molar refractivity (Wildman–Crippen MR) is 69.9 cm³/mol. The van der Waals surface area contributed by atoms with Gasteiger partial charge < -0.3 is 15.5 Å².